The molecule has 0 radical (unpaired) electrons. The molecule has 1 fully saturated rings. The average Bonchev–Trinajstić information content (AvgIpc) is 2.85. The molecule has 120 valence electrons. The fourth-order valence-corrected chi connectivity index (χ4v) is 2.71. The Balaban J connectivity index is 1.92. The maximum atomic E-state index is 6.16. The van der Waals surface area contributed by atoms with Gasteiger partial charge in [0.1, 0.15) is 6.10 Å². The zero-order valence-corrected chi connectivity index (χ0v) is 13.6. The normalized spacial score (nSPS) is 22.4. The summed E-state index contributed by atoms with van der Waals surface area (Å²) in [6.45, 7) is 12.2. The summed E-state index contributed by atoms with van der Waals surface area (Å²) < 4.78 is 11.1. The number of morpholine rings is 1. The van der Waals surface area contributed by atoms with Crippen molar-refractivity contribution in [2.24, 2.45) is 11.1 Å². The Morgan fingerprint density at radius 1 is 1.43 bits per heavy atom. The molecule has 0 aliphatic carbocycles. The first-order chi connectivity index (χ1) is 9.87. The van der Waals surface area contributed by atoms with Crippen molar-refractivity contribution in [1.82, 2.24) is 15.0 Å². The van der Waals surface area contributed by atoms with Gasteiger partial charge in [-0.15, -0.1) is 0 Å². The summed E-state index contributed by atoms with van der Waals surface area (Å²) in [5.41, 5.74) is 6.36. The minimum atomic E-state index is -0.0879. The molecule has 21 heavy (non-hydrogen) atoms. The molecule has 0 aromatic carbocycles. The third-order valence-corrected chi connectivity index (χ3v) is 3.68. The molecular weight excluding hydrogens is 268 g/mol. The molecule has 1 saturated heterocycles. The fourth-order valence-electron chi connectivity index (χ4n) is 2.71. The minimum Gasteiger partial charge on any atom is -0.367 e. The van der Waals surface area contributed by atoms with Gasteiger partial charge in [0.15, 0.2) is 0 Å². The van der Waals surface area contributed by atoms with E-state index in [1.54, 1.807) is 0 Å². The first-order valence-electron chi connectivity index (χ1n) is 7.79. The first-order valence-corrected chi connectivity index (χ1v) is 7.79. The Morgan fingerprint density at radius 3 is 2.86 bits per heavy atom. The number of nitrogens with two attached hydrogens (primary N) is 1. The summed E-state index contributed by atoms with van der Waals surface area (Å²) >= 11 is 0. The van der Waals surface area contributed by atoms with Crippen molar-refractivity contribution < 1.29 is 9.26 Å². The molecule has 1 aromatic rings. The summed E-state index contributed by atoms with van der Waals surface area (Å²) in [5.74, 6) is 1.25. The Hall–Kier alpha value is -0.980. The largest absolute Gasteiger partial charge is 0.367 e. The van der Waals surface area contributed by atoms with Crippen molar-refractivity contribution in [3.8, 4) is 0 Å². The molecule has 1 aliphatic heterocycles. The van der Waals surface area contributed by atoms with Crippen molar-refractivity contribution >= 4 is 0 Å². The maximum Gasteiger partial charge on any atom is 0.228 e. The molecule has 0 saturated carbocycles. The average molecular weight is 296 g/mol. The minimum absolute atomic E-state index is 0.0396. The molecule has 2 N–H and O–H groups in total. The van der Waals surface area contributed by atoms with Gasteiger partial charge in [-0.05, 0) is 18.4 Å². The lowest BCUT2D eigenvalue weighted by molar-refractivity contribution is -0.0334. The van der Waals surface area contributed by atoms with E-state index in [1.165, 1.54) is 0 Å². The van der Waals surface area contributed by atoms with Gasteiger partial charge >= 0.3 is 0 Å². The van der Waals surface area contributed by atoms with Crippen molar-refractivity contribution in [2.45, 2.75) is 52.7 Å². The van der Waals surface area contributed by atoms with Gasteiger partial charge in [-0.3, -0.25) is 4.90 Å². The zero-order chi connectivity index (χ0) is 15.5. The highest BCUT2D eigenvalue weighted by Gasteiger charge is 2.26. The van der Waals surface area contributed by atoms with Crippen LogP contribution in [0.15, 0.2) is 4.52 Å². The fraction of sp³-hybridized carbons (Fsp3) is 0.867. The van der Waals surface area contributed by atoms with E-state index in [4.69, 9.17) is 15.0 Å². The third-order valence-electron chi connectivity index (χ3n) is 3.68. The molecule has 2 rings (SSSR count). The maximum absolute atomic E-state index is 6.16. The lowest BCUT2D eigenvalue weighted by Gasteiger charge is -2.30. The predicted molar refractivity (Wildman–Crippen MR) is 80.9 cm³/mol. The molecule has 0 bridgehead atoms. The van der Waals surface area contributed by atoms with Crippen molar-refractivity contribution in [3.05, 3.63) is 11.7 Å². The van der Waals surface area contributed by atoms with Crippen LogP contribution in [0.25, 0.3) is 0 Å². The summed E-state index contributed by atoms with van der Waals surface area (Å²) in [7, 11) is 0. The Bertz CT molecular complexity index is 441. The van der Waals surface area contributed by atoms with Crippen LogP contribution >= 0.6 is 0 Å². The number of nitrogens with zero attached hydrogens (tertiary/aromatic N) is 3. The highest BCUT2D eigenvalue weighted by Crippen LogP contribution is 2.23. The smallest absolute Gasteiger partial charge is 0.228 e. The van der Waals surface area contributed by atoms with Crippen molar-refractivity contribution in [1.29, 1.82) is 0 Å². The Morgan fingerprint density at radius 2 is 2.19 bits per heavy atom. The molecule has 1 aromatic heterocycles. The van der Waals surface area contributed by atoms with Gasteiger partial charge in [0.2, 0.25) is 11.7 Å². The van der Waals surface area contributed by atoms with Crippen LogP contribution in [0.2, 0.25) is 0 Å². The van der Waals surface area contributed by atoms with E-state index < -0.39 is 0 Å². The summed E-state index contributed by atoms with van der Waals surface area (Å²) in [6, 6.07) is 0.0396. The highest BCUT2D eigenvalue weighted by atomic mass is 16.5. The second-order valence-electron chi connectivity index (χ2n) is 7.03. The number of hydrogen-bond acceptors (Lipinski definition) is 6. The summed E-state index contributed by atoms with van der Waals surface area (Å²) in [6.07, 6.45) is 1.46. The van der Waals surface area contributed by atoms with E-state index in [9.17, 15) is 0 Å². The number of ether oxygens (including phenoxy) is 1. The second kappa shape index (κ2) is 6.85. The standard InChI is InChI=1S/C15H28N4O2/c1-5-19-6-7-20-12(10-19)14-17-13(21-18-14)8-11(16)9-15(2,3)4/h11-12H,5-10,16H2,1-4H3. The van der Waals surface area contributed by atoms with Crippen LogP contribution in [0, 0.1) is 5.41 Å². The number of aromatic nitrogens is 2. The van der Waals surface area contributed by atoms with Crippen LogP contribution in [0.4, 0.5) is 0 Å². The van der Waals surface area contributed by atoms with E-state index >= 15 is 0 Å². The molecule has 2 heterocycles. The van der Waals surface area contributed by atoms with E-state index in [0.29, 0.717) is 24.7 Å². The lowest BCUT2D eigenvalue weighted by Crippen LogP contribution is -2.38. The molecule has 6 nitrogen and oxygen atoms in total. The van der Waals surface area contributed by atoms with Crippen LogP contribution in [-0.2, 0) is 11.2 Å². The number of likely N-dealkylation sites (N-methyl/N-ethyl adjacent to an activating group) is 1. The number of rotatable bonds is 5. The Labute approximate surface area is 127 Å². The molecular formula is C15H28N4O2. The van der Waals surface area contributed by atoms with E-state index in [0.717, 1.165) is 26.1 Å². The zero-order valence-electron chi connectivity index (χ0n) is 13.6. The van der Waals surface area contributed by atoms with Gasteiger partial charge in [0.05, 0.1) is 6.61 Å². The van der Waals surface area contributed by atoms with Crippen LogP contribution in [0.3, 0.4) is 0 Å². The van der Waals surface area contributed by atoms with Crippen molar-refractivity contribution in [2.75, 3.05) is 26.2 Å². The third kappa shape index (κ3) is 5.05. The summed E-state index contributed by atoms with van der Waals surface area (Å²) in [4.78, 5) is 6.79. The first kappa shape index (κ1) is 16.4. The van der Waals surface area contributed by atoms with Crippen LogP contribution in [0.5, 0.6) is 0 Å². The van der Waals surface area contributed by atoms with Crippen LogP contribution < -0.4 is 5.73 Å². The number of hydrogen-bond donors (Lipinski definition) is 1. The molecule has 2 atom stereocenters. The van der Waals surface area contributed by atoms with Crippen LogP contribution in [-0.4, -0.2) is 47.3 Å². The van der Waals surface area contributed by atoms with Gasteiger partial charge in [0, 0.05) is 25.6 Å². The van der Waals surface area contributed by atoms with E-state index in [1.807, 2.05) is 0 Å². The lowest BCUT2D eigenvalue weighted by atomic mass is 9.87. The Kier molecular flexibility index (Phi) is 5.35. The summed E-state index contributed by atoms with van der Waals surface area (Å²) in [5, 5.41) is 4.06. The van der Waals surface area contributed by atoms with Gasteiger partial charge in [-0.25, -0.2) is 0 Å². The second-order valence-corrected chi connectivity index (χ2v) is 7.03. The van der Waals surface area contributed by atoms with Gasteiger partial charge in [-0.2, -0.15) is 4.98 Å². The van der Waals surface area contributed by atoms with E-state index in [-0.39, 0.29) is 17.6 Å². The quantitative estimate of drug-likeness (QED) is 0.892. The van der Waals surface area contributed by atoms with Gasteiger partial charge in [0.25, 0.3) is 0 Å². The molecule has 1 aliphatic rings. The molecule has 6 heteroatoms. The SMILES string of the molecule is CCN1CCOC(c2noc(CC(N)CC(C)(C)C)n2)C1. The predicted octanol–water partition coefficient (Wildman–Crippen LogP) is 1.77. The molecule has 0 amide bonds. The van der Waals surface area contributed by atoms with Crippen molar-refractivity contribution in [3.63, 3.8) is 0 Å². The molecule has 2 unspecified atom stereocenters. The topological polar surface area (TPSA) is 77.4 Å². The molecule has 0 spiro atoms. The van der Waals surface area contributed by atoms with Gasteiger partial charge in [-0.1, -0.05) is 32.9 Å². The van der Waals surface area contributed by atoms with Gasteiger partial charge < -0.3 is 15.0 Å². The van der Waals surface area contributed by atoms with E-state index in [2.05, 4.69) is 42.7 Å². The monoisotopic (exact) mass is 296 g/mol. The highest BCUT2D eigenvalue weighted by molar-refractivity contribution is 4.95. The van der Waals surface area contributed by atoms with Crippen LogP contribution in [0.1, 0.15) is 51.9 Å².